The molecule has 6 heteroatoms. The minimum atomic E-state index is -0.507. The second kappa shape index (κ2) is 7.04. The van der Waals surface area contributed by atoms with E-state index in [-0.39, 0.29) is 5.69 Å². The Labute approximate surface area is 127 Å². The van der Waals surface area contributed by atoms with E-state index in [0.29, 0.717) is 23.1 Å². The third kappa shape index (κ3) is 3.70. The van der Waals surface area contributed by atoms with E-state index in [1.165, 1.54) is 13.4 Å². The fourth-order valence-electron chi connectivity index (χ4n) is 1.72. The number of aromatic nitrogens is 2. The van der Waals surface area contributed by atoms with E-state index in [0.717, 1.165) is 12.0 Å². The number of ether oxygens (including phenoxy) is 2. The molecule has 0 bridgehead atoms. The van der Waals surface area contributed by atoms with E-state index >= 15 is 0 Å². The predicted octanol–water partition coefficient (Wildman–Crippen LogP) is 3.37. The lowest BCUT2D eigenvalue weighted by Crippen LogP contribution is -2.04. The van der Waals surface area contributed by atoms with Crippen LogP contribution < -0.4 is 4.74 Å². The van der Waals surface area contributed by atoms with Crippen molar-refractivity contribution in [3.05, 3.63) is 41.3 Å². The summed E-state index contributed by atoms with van der Waals surface area (Å²) < 4.78 is 10.2. The summed E-state index contributed by atoms with van der Waals surface area (Å²) >= 11 is 6.18. The van der Waals surface area contributed by atoms with Crippen LogP contribution in [0.15, 0.2) is 30.6 Å². The Hall–Kier alpha value is -2.14. The van der Waals surface area contributed by atoms with Crippen LogP contribution in [-0.2, 0) is 4.74 Å². The molecule has 0 N–H and O–H groups in total. The van der Waals surface area contributed by atoms with Crippen LogP contribution in [0.25, 0.3) is 11.3 Å². The van der Waals surface area contributed by atoms with Crippen molar-refractivity contribution >= 4 is 17.6 Å². The van der Waals surface area contributed by atoms with Gasteiger partial charge in [0.15, 0.2) is 5.69 Å². The number of hydrogen-bond donors (Lipinski definition) is 0. The summed E-state index contributed by atoms with van der Waals surface area (Å²) in [4.78, 5) is 19.5. The fraction of sp³-hybridized carbons (Fsp3) is 0.267. The molecule has 2 rings (SSSR count). The molecular formula is C15H15ClN2O3. The molecule has 0 aliphatic heterocycles. The molecule has 0 atom stereocenters. The molecule has 1 aromatic carbocycles. The summed E-state index contributed by atoms with van der Waals surface area (Å²) in [7, 11) is 1.31. The van der Waals surface area contributed by atoms with Crippen LogP contribution in [-0.4, -0.2) is 29.7 Å². The van der Waals surface area contributed by atoms with Crippen LogP contribution in [0.3, 0.4) is 0 Å². The summed E-state index contributed by atoms with van der Waals surface area (Å²) in [5.41, 5.74) is 1.57. The van der Waals surface area contributed by atoms with Crippen molar-refractivity contribution in [3.63, 3.8) is 0 Å². The molecule has 0 saturated carbocycles. The topological polar surface area (TPSA) is 61.3 Å². The summed E-state index contributed by atoms with van der Waals surface area (Å²) in [5.74, 6) is 0.122. The largest absolute Gasteiger partial charge is 0.492 e. The molecule has 0 amide bonds. The highest BCUT2D eigenvalue weighted by Crippen LogP contribution is 2.29. The van der Waals surface area contributed by atoms with Crippen LogP contribution >= 0.6 is 11.6 Å². The molecule has 1 heterocycles. The first-order chi connectivity index (χ1) is 10.2. The van der Waals surface area contributed by atoms with Gasteiger partial charge >= 0.3 is 5.97 Å². The lowest BCUT2D eigenvalue weighted by atomic mass is 10.1. The second-order valence-corrected chi connectivity index (χ2v) is 4.68. The van der Waals surface area contributed by atoms with Crippen molar-refractivity contribution in [3.8, 4) is 17.0 Å². The van der Waals surface area contributed by atoms with Gasteiger partial charge in [-0.15, -0.1) is 0 Å². The zero-order valence-corrected chi connectivity index (χ0v) is 12.6. The molecule has 0 aliphatic carbocycles. The van der Waals surface area contributed by atoms with Crippen molar-refractivity contribution < 1.29 is 14.3 Å². The maximum atomic E-state index is 11.5. The van der Waals surface area contributed by atoms with Gasteiger partial charge in [-0.3, -0.25) is 0 Å². The zero-order valence-electron chi connectivity index (χ0n) is 11.8. The van der Waals surface area contributed by atoms with Gasteiger partial charge in [0.2, 0.25) is 0 Å². The van der Waals surface area contributed by atoms with Gasteiger partial charge in [0.1, 0.15) is 12.1 Å². The van der Waals surface area contributed by atoms with E-state index in [1.54, 1.807) is 18.2 Å². The number of hydrogen-bond acceptors (Lipinski definition) is 5. The number of methoxy groups -OCH3 is 1. The summed E-state index contributed by atoms with van der Waals surface area (Å²) in [6.07, 6.45) is 2.23. The molecule has 5 nitrogen and oxygen atoms in total. The molecule has 0 spiro atoms. The molecule has 110 valence electrons. The van der Waals surface area contributed by atoms with E-state index < -0.39 is 5.97 Å². The molecule has 0 aliphatic rings. The van der Waals surface area contributed by atoms with E-state index in [9.17, 15) is 4.79 Å². The van der Waals surface area contributed by atoms with Crippen LogP contribution in [0, 0.1) is 0 Å². The van der Waals surface area contributed by atoms with Gasteiger partial charge in [-0.05, 0) is 30.7 Å². The molecule has 0 fully saturated rings. The van der Waals surface area contributed by atoms with Crippen molar-refractivity contribution in [2.24, 2.45) is 0 Å². The third-order valence-corrected chi connectivity index (χ3v) is 3.05. The zero-order chi connectivity index (χ0) is 15.2. The first kappa shape index (κ1) is 15.3. The van der Waals surface area contributed by atoms with Crippen molar-refractivity contribution in [2.75, 3.05) is 13.7 Å². The van der Waals surface area contributed by atoms with Gasteiger partial charge < -0.3 is 9.47 Å². The van der Waals surface area contributed by atoms with E-state index in [1.807, 2.05) is 13.0 Å². The van der Waals surface area contributed by atoms with Crippen LogP contribution in [0.2, 0.25) is 5.02 Å². The maximum Gasteiger partial charge on any atom is 0.356 e. The third-order valence-electron chi connectivity index (χ3n) is 2.75. The van der Waals surface area contributed by atoms with Crippen molar-refractivity contribution in [1.82, 2.24) is 9.97 Å². The summed E-state index contributed by atoms with van der Waals surface area (Å²) in [6.45, 7) is 2.64. The molecule has 1 aromatic heterocycles. The minimum Gasteiger partial charge on any atom is -0.492 e. The highest BCUT2D eigenvalue weighted by Gasteiger charge is 2.11. The van der Waals surface area contributed by atoms with Gasteiger partial charge in [0.25, 0.3) is 0 Å². The molecule has 0 radical (unpaired) electrons. The number of nitrogens with zero attached hydrogens (tertiary/aromatic N) is 2. The van der Waals surface area contributed by atoms with E-state index in [4.69, 9.17) is 16.3 Å². The van der Waals surface area contributed by atoms with E-state index in [2.05, 4.69) is 14.7 Å². The molecule has 0 saturated heterocycles. The van der Waals surface area contributed by atoms with Gasteiger partial charge in [0.05, 0.1) is 24.4 Å². The van der Waals surface area contributed by atoms with Crippen LogP contribution in [0.5, 0.6) is 5.75 Å². The lowest BCUT2D eigenvalue weighted by molar-refractivity contribution is 0.0594. The van der Waals surface area contributed by atoms with Gasteiger partial charge in [0, 0.05) is 5.56 Å². The lowest BCUT2D eigenvalue weighted by Gasteiger charge is -2.08. The van der Waals surface area contributed by atoms with Gasteiger partial charge in [-0.25, -0.2) is 14.8 Å². The normalized spacial score (nSPS) is 10.2. The maximum absolute atomic E-state index is 11.5. The molecule has 21 heavy (non-hydrogen) atoms. The predicted molar refractivity (Wildman–Crippen MR) is 79.6 cm³/mol. The second-order valence-electron chi connectivity index (χ2n) is 4.27. The number of rotatable bonds is 5. The number of carbonyl (C=O) groups excluding carboxylic acids is 1. The highest BCUT2D eigenvalue weighted by atomic mass is 35.5. The Morgan fingerprint density at radius 1 is 1.29 bits per heavy atom. The summed E-state index contributed by atoms with van der Waals surface area (Å²) in [5, 5.41) is 0.499. The quantitative estimate of drug-likeness (QED) is 0.793. The SMILES string of the molecule is CCCOc1ccc(-c2cc(C(=O)OC)ncn2)cc1Cl. The number of carbonyl (C=O) groups is 1. The minimum absolute atomic E-state index is 0.199. The van der Waals surface area contributed by atoms with Crippen molar-refractivity contribution in [2.45, 2.75) is 13.3 Å². The van der Waals surface area contributed by atoms with Crippen LogP contribution in [0.4, 0.5) is 0 Å². The first-order valence-corrected chi connectivity index (χ1v) is 6.86. The highest BCUT2D eigenvalue weighted by molar-refractivity contribution is 6.32. The Morgan fingerprint density at radius 3 is 2.76 bits per heavy atom. The Bertz CT molecular complexity index is 647. The Kier molecular flexibility index (Phi) is 5.11. The van der Waals surface area contributed by atoms with Gasteiger partial charge in [-0.2, -0.15) is 0 Å². The number of halogens is 1. The number of esters is 1. The van der Waals surface area contributed by atoms with Crippen molar-refractivity contribution in [1.29, 1.82) is 0 Å². The molecule has 2 aromatic rings. The first-order valence-electron chi connectivity index (χ1n) is 6.48. The molecular weight excluding hydrogens is 292 g/mol. The monoisotopic (exact) mass is 306 g/mol. The van der Waals surface area contributed by atoms with Gasteiger partial charge in [-0.1, -0.05) is 18.5 Å². The standard InChI is InChI=1S/C15H15ClN2O3/c1-3-6-21-14-5-4-10(7-11(14)16)12-8-13(15(19)20-2)18-9-17-12/h4-5,7-9H,3,6H2,1-2H3. The average molecular weight is 307 g/mol. The molecule has 0 unspecified atom stereocenters. The number of benzene rings is 1. The fourth-order valence-corrected chi connectivity index (χ4v) is 1.96. The Morgan fingerprint density at radius 2 is 2.10 bits per heavy atom. The Balaban J connectivity index is 2.30. The van der Waals surface area contributed by atoms with Crippen LogP contribution in [0.1, 0.15) is 23.8 Å². The smallest absolute Gasteiger partial charge is 0.356 e. The summed E-state index contributed by atoms with van der Waals surface area (Å²) in [6, 6.07) is 6.92. The average Bonchev–Trinajstić information content (AvgIpc) is 2.53.